The number of hydrogen-bond donors (Lipinski definition) is 0. The Kier molecular flexibility index (Phi) is 4.67. The molecule has 0 amide bonds. The summed E-state index contributed by atoms with van der Waals surface area (Å²) < 4.78 is 0. The number of benzene rings is 3. The van der Waals surface area contributed by atoms with Gasteiger partial charge in [-0.05, 0) is 23.8 Å². The first-order valence-electron chi connectivity index (χ1n) is 6.98. The fourth-order valence-electron chi connectivity index (χ4n) is 2.35. The standard InChI is InChI=1S/C19H14Cl2N/c20-17-12-7-13-18(21)19(17)22(16-10-5-2-6-11-16)14-15-8-3-1-4-9-15/h1-10,12-13H,14H2. The molecule has 22 heavy (non-hydrogen) atoms. The molecule has 1 radical (unpaired) electrons. The Morgan fingerprint density at radius 2 is 1.45 bits per heavy atom. The summed E-state index contributed by atoms with van der Waals surface area (Å²) in [6.07, 6.45) is 0. The lowest BCUT2D eigenvalue weighted by Gasteiger charge is -2.27. The zero-order valence-corrected chi connectivity index (χ0v) is 13.4. The van der Waals surface area contributed by atoms with Gasteiger partial charge in [0, 0.05) is 18.3 Å². The number of rotatable bonds is 4. The van der Waals surface area contributed by atoms with Gasteiger partial charge in [0.05, 0.1) is 15.7 Å². The molecular formula is C19H14Cl2N. The Labute approximate surface area is 140 Å². The predicted molar refractivity (Wildman–Crippen MR) is 94.0 cm³/mol. The van der Waals surface area contributed by atoms with Crippen LogP contribution in [-0.2, 0) is 6.54 Å². The molecule has 0 aliphatic carbocycles. The molecule has 3 heteroatoms. The van der Waals surface area contributed by atoms with E-state index in [2.05, 4.69) is 23.1 Å². The monoisotopic (exact) mass is 326 g/mol. The second-order valence-electron chi connectivity index (χ2n) is 4.89. The van der Waals surface area contributed by atoms with Gasteiger partial charge in [0.25, 0.3) is 0 Å². The average Bonchev–Trinajstić information content (AvgIpc) is 2.55. The van der Waals surface area contributed by atoms with Crippen LogP contribution in [0.25, 0.3) is 0 Å². The van der Waals surface area contributed by atoms with E-state index in [1.807, 2.05) is 60.7 Å². The topological polar surface area (TPSA) is 3.24 Å². The average molecular weight is 327 g/mol. The highest BCUT2D eigenvalue weighted by Crippen LogP contribution is 2.38. The fourth-order valence-corrected chi connectivity index (χ4v) is 2.95. The Bertz CT molecular complexity index is 722. The molecule has 109 valence electrons. The predicted octanol–water partition coefficient (Wildman–Crippen LogP) is 6.13. The number of hydrogen-bond acceptors (Lipinski definition) is 1. The van der Waals surface area contributed by atoms with Crippen molar-refractivity contribution in [1.29, 1.82) is 0 Å². The van der Waals surface area contributed by atoms with Gasteiger partial charge in [-0.25, -0.2) is 0 Å². The Morgan fingerprint density at radius 3 is 2.09 bits per heavy atom. The van der Waals surface area contributed by atoms with Crippen LogP contribution in [0.15, 0.2) is 72.8 Å². The molecule has 0 saturated heterocycles. The summed E-state index contributed by atoms with van der Waals surface area (Å²) >= 11 is 12.8. The van der Waals surface area contributed by atoms with Crippen LogP contribution in [0.1, 0.15) is 5.56 Å². The van der Waals surface area contributed by atoms with Crippen molar-refractivity contribution < 1.29 is 0 Å². The van der Waals surface area contributed by atoms with E-state index < -0.39 is 0 Å². The van der Waals surface area contributed by atoms with E-state index in [1.54, 1.807) is 0 Å². The fraction of sp³-hybridized carbons (Fsp3) is 0.0526. The van der Waals surface area contributed by atoms with Gasteiger partial charge in [0.1, 0.15) is 0 Å². The lowest BCUT2D eigenvalue weighted by molar-refractivity contribution is 0.974. The second kappa shape index (κ2) is 6.87. The molecule has 0 bridgehead atoms. The number of nitrogens with zero attached hydrogens (tertiary/aromatic N) is 1. The van der Waals surface area contributed by atoms with Gasteiger partial charge in [-0.15, -0.1) is 0 Å². The summed E-state index contributed by atoms with van der Waals surface area (Å²) in [5.74, 6) is 0. The van der Waals surface area contributed by atoms with Crippen LogP contribution < -0.4 is 4.90 Å². The minimum atomic E-state index is 0.626. The quantitative estimate of drug-likeness (QED) is 0.557. The maximum absolute atomic E-state index is 6.40. The van der Waals surface area contributed by atoms with Crippen molar-refractivity contribution in [3.63, 3.8) is 0 Å². The normalized spacial score (nSPS) is 10.5. The molecule has 0 atom stereocenters. The second-order valence-corrected chi connectivity index (χ2v) is 5.70. The molecule has 0 aromatic heterocycles. The highest BCUT2D eigenvalue weighted by molar-refractivity contribution is 6.39. The molecule has 0 saturated carbocycles. The van der Waals surface area contributed by atoms with E-state index in [1.165, 1.54) is 5.56 Å². The Hall–Kier alpha value is -1.96. The largest absolute Gasteiger partial charge is 0.334 e. The molecule has 0 spiro atoms. The summed E-state index contributed by atoms with van der Waals surface area (Å²) in [6.45, 7) is 0.671. The molecule has 0 aliphatic heterocycles. The SMILES string of the molecule is Clc1cccc(Cl)c1N(Cc1ccccc1)c1[c]cccc1. The van der Waals surface area contributed by atoms with Gasteiger partial charge in [0.2, 0.25) is 0 Å². The van der Waals surface area contributed by atoms with E-state index in [9.17, 15) is 0 Å². The molecule has 3 aromatic carbocycles. The summed E-state index contributed by atoms with van der Waals surface area (Å²) in [5.41, 5.74) is 2.91. The van der Waals surface area contributed by atoms with Crippen molar-refractivity contribution in [2.24, 2.45) is 0 Å². The highest BCUT2D eigenvalue weighted by atomic mass is 35.5. The summed E-state index contributed by atoms with van der Waals surface area (Å²) in [6, 6.07) is 26.8. The van der Waals surface area contributed by atoms with Crippen LogP contribution in [0.2, 0.25) is 10.0 Å². The smallest absolute Gasteiger partial charge is 0.0792 e. The third-order valence-electron chi connectivity index (χ3n) is 3.37. The van der Waals surface area contributed by atoms with E-state index >= 15 is 0 Å². The molecule has 3 aromatic rings. The van der Waals surface area contributed by atoms with Gasteiger partial charge < -0.3 is 4.90 Å². The Balaban J connectivity index is 2.07. The zero-order chi connectivity index (χ0) is 15.4. The first-order valence-corrected chi connectivity index (χ1v) is 7.73. The summed E-state index contributed by atoms with van der Waals surface area (Å²) in [5, 5.41) is 1.25. The first-order chi connectivity index (χ1) is 10.8. The summed E-state index contributed by atoms with van der Waals surface area (Å²) in [7, 11) is 0. The van der Waals surface area contributed by atoms with Crippen LogP contribution in [0.4, 0.5) is 11.4 Å². The molecule has 1 nitrogen and oxygen atoms in total. The van der Waals surface area contributed by atoms with Crippen molar-refractivity contribution in [2.45, 2.75) is 6.54 Å². The van der Waals surface area contributed by atoms with Crippen LogP contribution in [0, 0.1) is 6.07 Å². The highest BCUT2D eigenvalue weighted by Gasteiger charge is 2.16. The van der Waals surface area contributed by atoms with Crippen molar-refractivity contribution >= 4 is 34.6 Å². The third-order valence-corrected chi connectivity index (χ3v) is 3.98. The van der Waals surface area contributed by atoms with Gasteiger partial charge in [-0.2, -0.15) is 0 Å². The number of anilines is 2. The van der Waals surface area contributed by atoms with E-state index in [4.69, 9.17) is 23.2 Å². The molecule has 0 heterocycles. The van der Waals surface area contributed by atoms with Crippen molar-refractivity contribution in [3.8, 4) is 0 Å². The molecule has 0 aliphatic rings. The van der Waals surface area contributed by atoms with E-state index in [0.717, 1.165) is 11.4 Å². The van der Waals surface area contributed by atoms with Gasteiger partial charge in [-0.1, -0.05) is 77.8 Å². The number of halogens is 2. The van der Waals surface area contributed by atoms with Crippen LogP contribution in [-0.4, -0.2) is 0 Å². The van der Waals surface area contributed by atoms with E-state index in [0.29, 0.717) is 16.6 Å². The maximum atomic E-state index is 6.40. The molecule has 0 N–H and O–H groups in total. The first kappa shape index (κ1) is 15.0. The lowest BCUT2D eigenvalue weighted by Crippen LogP contribution is -2.17. The Morgan fingerprint density at radius 1 is 0.773 bits per heavy atom. The zero-order valence-electron chi connectivity index (χ0n) is 11.8. The molecule has 3 rings (SSSR count). The maximum Gasteiger partial charge on any atom is 0.0792 e. The molecule has 0 fully saturated rings. The van der Waals surface area contributed by atoms with Gasteiger partial charge in [0.15, 0.2) is 0 Å². The van der Waals surface area contributed by atoms with Crippen LogP contribution >= 0.6 is 23.2 Å². The lowest BCUT2D eigenvalue weighted by atomic mass is 10.1. The minimum absolute atomic E-state index is 0.626. The minimum Gasteiger partial charge on any atom is -0.334 e. The van der Waals surface area contributed by atoms with Gasteiger partial charge in [-0.3, -0.25) is 0 Å². The molecule has 0 unspecified atom stereocenters. The summed E-state index contributed by atoms with van der Waals surface area (Å²) in [4.78, 5) is 2.08. The van der Waals surface area contributed by atoms with Crippen molar-refractivity contribution in [1.82, 2.24) is 0 Å². The van der Waals surface area contributed by atoms with Crippen LogP contribution in [0.5, 0.6) is 0 Å². The van der Waals surface area contributed by atoms with Crippen molar-refractivity contribution in [2.75, 3.05) is 4.90 Å². The van der Waals surface area contributed by atoms with Crippen molar-refractivity contribution in [3.05, 3.63) is 94.5 Å². The van der Waals surface area contributed by atoms with Gasteiger partial charge >= 0.3 is 0 Å². The van der Waals surface area contributed by atoms with Crippen LogP contribution in [0.3, 0.4) is 0 Å². The molecular weight excluding hydrogens is 313 g/mol. The third kappa shape index (κ3) is 3.27. The van der Waals surface area contributed by atoms with E-state index in [-0.39, 0.29) is 0 Å². The number of para-hydroxylation sites is 2.